The smallest absolute Gasteiger partial charge is 0.387 e. The Morgan fingerprint density at radius 3 is 2.55 bits per heavy atom. The first kappa shape index (κ1) is 22.2. The molecule has 0 fully saturated rings. The van der Waals surface area contributed by atoms with Crippen LogP contribution in [0.1, 0.15) is 27.3 Å². The molecule has 0 saturated heterocycles. The summed E-state index contributed by atoms with van der Waals surface area (Å²) >= 11 is 0. The third-order valence-corrected chi connectivity index (χ3v) is 4.47. The van der Waals surface area contributed by atoms with Gasteiger partial charge in [0.25, 0.3) is 5.91 Å². The van der Waals surface area contributed by atoms with Crippen LogP contribution in [-0.2, 0) is 17.4 Å². The normalized spacial score (nSPS) is 11.4. The number of amides is 2. The predicted molar refractivity (Wildman–Crippen MR) is 107 cm³/mol. The number of rotatable bonds is 6. The van der Waals surface area contributed by atoms with E-state index in [-0.39, 0.29) is 12.1 Å². The van der Waals surface area contributed by atoms with Crippen LogP contribution in [0.2, 0.25) is 0 Å². The number of anilines is 1. The van der Waals surface area contributed by atoms with Gasteiger partial charge in [0.05, 0.1) is 28.0 Å². The Bertz CT molecular complexity index is 1130. The number of halogens is 3. The summed E-state index contributed by atoms with van der Waals surface area (Å²) < 4.78 is 38.6. The number of nitrogens with zero attached hydrogens (tertiary/aromatic N) is 2. The standard InChI is InChI=1S/C21H19F3N4O3/c1-12-16(7-8-25-19(30)11-29)28-18-10-15(5-6-17(18)26-12)27-20(31)13-3-2-4-14(9-13)21(22,23)24/h2-6,9-10,29H,7-8,11H2,1H3,(H,25,30)(H,27,31). The lowest BCUT2D eigenvalue weighted by Crippen LogP contribution is -2.28. The summed E-state index contributed by atoms with van der Waals surface area (Å²) in [6, 6.07) is 8.97. The molecule has 0 aliphatic carbocycles. The van der Waals surface area contributed by atoms with Gasteiger partial charge >= 0.3 is 6.18 Å². The lowest BCUT2D eigenvalue weighted by molar-refractivity contribution is -0.137. The monoisotopic (exact) mass is 432 g/mol. The van der Waals surface area contributed by atoms with Crippen LogP contribution in [-0.4, -0.2) is 40.0 Å². The van der Waals surface area contributed by atoms with E-state index in [9.17, 15) is 22.8 Å². The van der Waals surface area contributed by atoms with Crippen LogP contribution in [0.3, 0.4) is 0 Å². The van der Waals surface area contributed by atoms with Crippen molar-refractivity contribution in [1.82, 2.24) is 15.3 Å². The molecule has 162 valence electrons. The van der Waals surface area contributed by atoms with Gasteiger partial charge in [-0.15, -0.1) is 0 Å². The molecule has 0 atom stereocenters. The zero-order valence-corrected chi connectivity index (χ0v) is 16.5. The molecule has 3 N–H and O–H groups in total. The Morgan fingerprint density at radius 2 is 1.84 bits per heavy atom. The van der Waals surface area contributed by atoms with Crippen molar-refractivity contribution in [1.29, 1.82) is 0 Å². The summed E-state index contributed by atoms with van der Waals surface area (Å²) in [6.45, 7) is 1.45. The van der Waals surface area contributed by atoms with Crippen molar-refractivity contribution in [3.05, 3.63) is 65.0 Å². The van der Waals surface area contributed by atoms with Gasteiger partial charge in [0.15, 0.2) is 0 Å². The van der Waals surface area contributed by atoms with Gasteiger partial charge in [-0.05, 0) is 43.3 Å². The van der Waals surface area contributed by atoms with E-state index in [2.05, 4.69) is 20.6 Å². The molecule has 31 heavy (non-hydrogen) atoms. The van der Waals surface area contributed by atoms with Crippen molar-refractivity contribution < 1.29 is 27.9 Å². The topological polar surface area (TPSA) is 104 Å². The largest absolute Gasteiger partial charge is 0.416 e. The molecule has 7 nitrogen and oxygen atoms in total. The maximum absolute atomic E-state index is 12.9. The van der Waals surface area contributed by atoms with E-state index in [0.717, 1.165) is 12.1 Å². The molecule has 3 aromatic rings. The zero-order chi connectivity index (χ0) is 22.6. The number of carbonyl (C=O) groups is 2. The average molecular weight is 432 g/mol. The number of carbonyl (C=O) groups excluding carboxylic acids is 2. The molecule has 3 rings (SSSR count). The first-order chi connectivity index (χ1) is 14.7. The zero-order valence-electron chi connectivity index (χ0n) is 16.5. The fourth-order valence-corrected chi connectivity index (χ4v) is 2.91. The van der Waals surface area contributed by atoms with Crippen LogP contribution in [0, 0.1) is 6.92 Å². The van der Waals surface area contributed by atoms with E-state index >= 15 is 0 Å². The van der Waals surface area contributed by atoms with Gasteiger partial charge in [-0.3, -0.25) is 9.59 Å². The Hall–Kier alpha value is -3.53. The van der Waals surface area contributed by atoms with Crippen LogP contribution >= 0.6 is 0 Å². The van der Waals surface area contributed by atoms with Gasteiger partial charge in [-0.2, -0.15) is 13.2 Å². The number of aryl methyl sites for hydroxylation is 1. The molecule has 0 saturated carbocycles. The summed E-state index contributed by atoms with van der Waals surface area (Å²) in [4.78, 5) is 32.5. The molecule has 2 aromatic carbocycles. The fourth-order valence-electron chi connectivity index (χ4n) is 2.91. The van der Waals surface area contributed by atoms with E-state index < -0.39 is 30.2 Å². The molecule has 0 radical (unpaired) electrons. The number of aromatic nitrogens is 2. The van der Waals surface area contributed by atoms with Crippen LogP contribution in [0.5, 0.6) is 0 Å². The molecule has 10 heteroatoms. The summed E-state index contributed by atoms with van der Waals surface area (Å²) in [5, 5.41) is 13.8. The minimum absolute atomic E-state index is 0.120. The number of aliphatic hydroxyl groups is 1. The average Bonchev–Trinajstić information content (AvgIpc) is 2.73. The Labute approximate surface area is 175 Å². The number of fused-ring (bicyclic) bond motifs is 1. The second-order valence-corrected chi connectivity index (χ2v) is 6.75. The summed E-state index contributed by atoms with van der Waals surface area (Å²) in [5.41, 5.74) is 1.70. The van der Waals surface area contributed by atoms with Crippen molar-refractivity contribution in [2.45, 2.75) is 19.5 Å². The molecule has 0 spiro atoms. The molecule has 0 aliphatic rings. The summed E-state index contributed by atoms with van der Waals surface area (Å²) in [7, 11) is 0. The molecule has 2 amide bonds. The number of alkyl halides is 3. The van der Waals surface area contributed by atoms with E-state index in [4.69, 9.17) is 5.11 Å². The molecule has 1 aromatic heterocycles. The number of benzene rings is 2. The highest BCUT2D eigenvalue weighted by atomic mass is 19.4. The van der Waals surface area contributed by atoms with Gasteiger partial charge in [0, 0.05) is 24.2 Å². The van der Waals surface area contributed by atoms with Crippen molar-refractivity contribution in [2.75, 3.05) is 18.5 Å². The van der Waals surface area contributed by atoms with Gasteiger partial charge in [0.2, 0.25) is 5.91 Å². The Balaban J connectivity index is 1.79. The van der Waals surface area contributed by atoms with Gasteiger partial charge in [-0.1, -0.05) is 6.07 Å². The molecular weight excluding hydrogens is 413 g/mol. The van der Waals surface area contributed by atoms with Crippen molar-refractivity contribution >= 4 is 28.5 Å². The van der Waals surface area contributed by atoms with Crippen molar-refractivity contribution in [3.63, 3.8) is 0 Å². The fraction of sp³-hybridized carbons (Fsp3) is 0.238. The maximum Gasteiger partial charge on any atom is 0.416 e. The number of aliphatic hydroxyl groups excluding tert-OH is 1. The first-order valence-electron chi connectivity index (χ1n) is 9.31. The summed E-state index contributed by atoms with van der Waals surface area (Å²) in [5.74, 6) is -1.18. The van der Waals surface area contributed by atoms with E-state index in [1.54, 1.807) is 25.1 Å². The minimum atomic E-state index is -4.54. The Morgan fingerprint density at radius 1 is 1.06 bits per heavy atom. The van der Waals surface area contributed by atoms with Crippen molar-refractivity contribution in [3.8, 4) is 0 Å². The number of hydrogen-bond donors (Lipinski definition) is 3. The third kappa shape index (κ3) is 5.54. The van der Waals surface area contributed by atoms with Gasteiger partial charge < -0.3 is 15.7 Å². The minimum Gasteiger partial charge on any atom is -0.387 e. The summed E-state index contributed by atoms with van der Waals surface area (Å²) in [6.07, 6.45) is -4.15. The predicted octanol–water partition coefficient (Wildman–Crippen LogP) is 2.86. The molecule has 0 bridgehead atoms. The second-order valence-electron chi connectivity index (χ2n) is 6.75. The highest BCUT2D eigenvalue weighted by molar-refractivity contribution is 6.05. The highest BCUT2D eigenvalue weighted by Gasteiger charge is 2.30. The maximum atomic E-state index is 12.9. The van der Waals surface area contributed by atoms with Crippen LogP contribution in [0.4, 0.5) is 18.9 Å². The quantitative estimate of drug-likeness (QED) is 0.556. The van der Waals surface area contributed by atoms with Crippen molar-refractivity contribution in [2.24, 2.45) is 0 Å². The van der Waals surface area contributed by atoms with Gasteiger partial charge in [0.1, 0.15) is 6.61 Å². The second kappa shape index (κ2) is 9.09. The lowest BCUT2D eigenvalue weighted by Gasteiger charge is -2.11. The van der Waals surface area contributed by atoms with Crippen LogP contribution in [0.25, 0.3) is 11.0 Å². The van der Waals surface area contributed by atoms with Crippen LogP contribution in [0.15, 0.2) is 42.5 Å². The Kier molecular flexibility index (Phi) is 6.50. The van der Waals surface area contributed by atoms with Crippen LogP contribution < -0.4 is 10.6 Å². The van der Waals surface area contributed by atoms with E-state index in [1.165, 1.54) is 12.1 Å². The lowest BCUT2D eigenvalue weighted by atomic mass is 10.1. The molecular formula is C21H19F3N4O3. The molecule has 1 heterocycles. The van der Waals surface area contributed by atoms with E-state index in [1.807, 2.05) is 0 Å². The molecule has 0 unspecified atom stereocenters. The first-order valence-corrected chi connectivity index (χ1v) is 9.31. The number of hydrogen-bond acceptors (Lipinski definition) is 5. The number of nitrogens with one attached hydrogen (secondary N) is 2. The third-order valence-electron chi connectivity index (χ3n) is 4.47. The SMILES string of the molecule is Cc1nc2ccc(NC(=O)c3cccc(C(F)(F)F)c3)cc2nc1CCNC(=O)CO. The van der Waals surface area contributed by atoms with Gasteiger partial charge in [-0.25, -0.2) is 9.97 Å². The van der Waals surface area contributed by atoms with E-state index in [0.29, 0.717) is 34.5 Å². The molecule has 0 aliphatic heterocycles. The highest BCUT2D eigenvalue weighted by Crippen LogP contribution is 2.29.